The highest BCUT2D eigenvalue weighted by molar-refractivity contribution is 9.10. The Kier molecular flexibility index (Phi) is 7.65. The number of fused-ring (bicyclic) bond motifs is 1. The number of aromatic nitrogens is 2. The van der Waals surface area contributed by atoms with E-state index in [4.69, 9.17) is 11.6 Å². The minimum absolute atomic E-state index is 0.0265. The highest BCUT2D eigenvalue weighted by Crippen LogP contribution is 2.26. The predicted octanol–water partition coefficient (Wildman–Crippen LogP) is 3.36. The Bertz CT molecular complexity index is 1460. The van der Waals surface area contributed by atoms with Gasteiger partial charge in [-0.1, -0.05) is 34.5 Å². The van der Waals surface area contributed by atoms with Crippen LogP contribution < -0.4 is 10.9 Å². The van der Waals surface area contributed by atoms with Crippen molar-refractivity contribution in [2.24, 2.45) is 0 Å². The molecule has 8 nitrogen and oxygen atoms in total. The number of amides is 1. The monoisotopic (exact) mass is 580 g/mol. The summed E-state index contributed by atoms with van der Waals surface area (Å²) >= 11 is 9.72. The highest BCUT2D eigenvalue weighted by atomic mass is 79.9. The van der Waals surface area contributed by atoms with Crippen LogP contribution in [0, 0.1) is 0 Å². The summed E-state index contributed by atoms with van der Waals surface area (Å²) in [6.07, 6.45) is 2.33. The van der Waals surface area contributed by atoms with Gasteiger partial charge in [-0.25, -0.2) is 13.4 Å². The topological polar surface area (TPSA) is 101 Å². The number of benzene rings is 2. The second kappa shape index (κ2) is 10.4. The van der Waals surface area contributed by atoms with Crippen molar-refractivity contribution in [2.45, 2.75) is 44.3 Å². The molecule has 1 atom stereocenters. The Morgan fingerprint density at radius 3 is 2.71 bits per heavy atom. The van der Waals surface area contributed by atoms with Gasteiger partial charge in [0.05, 0.1) is 34.4 Å². The van der Waals surface area contributed by atoms with Crippen molar-refractivity contribution in [1.82, 2.24) is 19.8 Å². The molecule has 3 aromatic rings. The average molecular weight is 582 g/mol. The Morgan fingerprint density at radius 2 is 2.00 bits per heavy atom. The molecule has 2 aromatic carbocycles. The van der Waals surface area contributed by atoms with Gasteiger partial charge in [-0.2, -0.15) is 0 Å². The molecule has 0 saturated carbocycles. The Labute approximate surface area is 217 Å². The number of hydrogen-bond acceptors (Lipinski definition) is 6. The van der Waals surface area contributed by atoms with Gasteiger partial charge in [0.2, 0.25) is 5.91 Å². The molecule has 186 valence electrons. The minimum Gasteiger partial charge on any atom is -0.352 e. The third-order valence-corrected chi connectivity index (χ3v) is 8.95. The number of sulfone groups is 1. The lowest BCUT2D eigenvalue weighted by atomic mass is 10.1. The lowest BCUT2D eigenvalue weighted by Gasteiger charge is -2.18. The minimum atomic E-state index is -3.49. The van der Waals surface area contributed by atoms with Gasteiger partial charge in [0, 0.05) is 42.1 Å². The molecule has 0 spiro atoms. The molecule has 1 amide bonds. The molecule has 2 heterocycles. The van der Waals surface area contributed by atoms with E-state index in [-0.39, 0.29) is 34.7 Å². The quantitative estimate of drug-likeness (QED) is 0.459. The molecule has 1 fully saturated rings. The number of hydrogen-bond donors (Lipinski definition) is 1. The van der Waals surface area contributed by atoms with Crippen LogP contribution >= 0.6 is 27.5 Å². The summed E-state index contributed by atoms with van der Waals surface area (Å²) in [6.45, 7) is 5.44. The van der Waals surface area contributed by atoms with Crippen LogP contribution in [0.1, 0.15) is 31.4 Å². The standard InChI is InChI=1S/C24H26BrClN4O4S/c1-3-35(33,34)23-5-4-18(26)8-17(23)12-30-14-27-22-9-16(21(25)10-20(22)24(30)32)11-29-7-6-19(13-29)28-15(2)31/h4-5,8-10,14,19H,3,6-7,11-13H2,1-2H3,(H,28,31)/t19-/m1/s1. The van der Waals surface area contributed by atoms with E-state index in [1.807, 2.05) is 6.07 Å². The molecule has 1 saturated heterocycles. The van der Waals surface area contributed by atoms with E-state index >= 15 is 0 Å². The van der Waals surface area contributed by atoms with Gasteiger partial charge in [-0.3, -0.25) is 19.1 Å². The zero-order valence-corrected chi connectivity index (χ0v) is 22.6. The van der Waals surface area contributed by atoms with Crippen molar-refractivity contribution in [3.63, 3.8) is 0 Å². The predicted molar refractivity (Wildman–Crippen MR) is 139 cm³/mol. The average Bonchev–Trinajstić information content (AvgIpc) is 3.23. The molecule has 0 radical (unpaired) electrons. The van der Waals surface area contributed by atoms with Crippen LogP contribution in [-0.4, -0.2) is 53.7 Å². The zero-order valence-electron chi connectivity index (χ0n) is 19.4. The number of halogens is 2. The van der Waals surface area contributed by atoms with Gasteiger partial charge in [-0.15, -0.1) is 0 Å². The molecular formula is C24H26BrClN4O4S. The second-order valence-electron chi connectivity index (χ2n) is 8.72. The maximum Gasteiger partial charge on any atom is 0.261 e. The lowest BCUT2D eigenvalue weighted by Crippen LogP contribution is -2.35. The molecule has 0 unspecified atom stereocenters. The van der Waals surface area contributed by atoms with Crippen LogP contribution in [0.15, 0.2) is 50.8 Å². The Hall–Kier alpha value is -2.27. The maximum atomic E-state index is 13.3. The van der Waals surface area contributed by atoms with Crippen molar-refractivity contribution < 1.29 is 13.2 Å². The molecule has 4 rings (SSSR count). The first-order valence-electron chi connectivity index (χ1n) is 11.3. The SMILES string of the molecule is CCS(=O)(=O)c1ccc(Cl)cc1Cn1cnc2cc(CN3CC[C@@H](NC(C)=O)C3)c(Br)cc2c1=O. The van der Waals surface area contributed by atoms with Gasteiger partial charge in [0.15, 0.2) is 9.84 Å². The molecule has 1 aromatic heterocycles. The van der Waals surface area contributed by atoms with Gasteiger partial charge >= 0.3 is 0 Å². The van der Waals surface area contributed by atoms with Gasteiger partial charge in [0.1, 0.15) is 0 Å². The summed E-state index contributed by atoms with van der Waals surface area (Å²) in [5.41, 5.74) is 1.74. The zero-order chi connectivity index (χ0) is 25.3. The molecule has 0 aliphatic carbocycles. The van der Waals surface area contributed by atoms with Gasteiger partial charge < -0.3 is 5.32 Å². The fourth-order valence-electron chi connectivity index (χ4n) is 4.39. The summed E-state index contributed by atoms with van der Waals surface area (Å²) in [5, 5.41) is 3.79. The van der Waals surface area contributed by atoms with Crippen molar-refractivity contribution in [3.05, 3.63) is 67.6 Å². The normalized spacial score (nSPS) is 16.6. The third kappa shape index (κ3) is 5.77. The van der Waals surface area contributed by atoms with Crippen LogP contribution in [0.25, 0.3) is 10.9 Å². The van der Waals surface area contributed by atoms with Crippen molar-refractivity contribution in [2.75, 3.05) is 18.8 Å². The van der Waals surface area contributed by atoms with Gasteiger partial charge in [0.25, 0.3) is 5.56 Å². The molecular weight excluding hydrogens is 556 g/mol. The first-order valence-corrected chi connectivity index (χ1v) is 14.1. The van der Waals surface area contributed by atoms with E-state index in [1.54, 1.807) is 19.1 Å². The molecule has 35 heavy (non-hydrogen) atoms. The fourth-order valence-corrected chi connectivity index (χ4v) is 6.17. The van der Waals surface area contributed by atoms with Crippen LogP contribution in [-0.2, 0) is 27.7 Å². The number of nitrogens with one attached hydrogen (secondary N) is 1. The highest BCUT2D eigenvalue weighted by Gasteiger charge is 2.24. The fraction of sp³-hybridized carbons (Fsp3) is 0.375. The molecule has 1 N–H and O–H groups in total. The lowest BCUT2D eigenvalue weighted by molar-refractivity contribution is -0.119. The molecule has 0 bridgehead atoms. The summed E-state index contributed by atoms with van der Waals surface area (Å²) in [5.74, 6) is -0.0773. The van der Waals surface area contributed by atoms with E-state index in [1.165, 1.54) is 30.0 Å². The number of carbonyl (C=O) groups excluding carboxylic acids is 1. The maximum absolute atomic E-state index is 13.3. The van der Waals surface area contributed by atoms with Crippen LogP contribution in [0.5, 0.6) is 0 Å². The van der Waals surface area contributed by atoms with Crippen molar-refractivity contribution >= 4 is 54.2 Å². The Balaban J connectivity index is 1.62. The van der Waals surface area contributed by atoms with E-state index in [9.17, 15) is 18.0 Å². The number of rotatable bonds is 7. The molecule has 1 aliphatic rings. The second-order valence-corrected chi connectivity index (χ2v) is 12.3. The summed E-state index contributed by atoms with van der Waals surface area (Å²) < 4.78 is 27.3. The smallest absolute Gasteiger partial charge is 0.261 e. The number of nitrogens with zero attached hydrogens (tertiary/aromatic N) is 3. The van der Waals surface area contributed by atoms with E-state index in [0.29, 0.717) is 28.0 Å². The third-order valence-electron chi connectivity index (χ3n) is 6.14. The first-order chi connectivity index (χ1) is 16.6. The first kappa shape index (κ1) is 25.8. The summed E-state index contributed by atoms with van der Waals surface area (Å²) in [6, 6.07) is 8.39. The van der Waals surface area contributed by atoms with Gasteiger partial charge in [-0.05, 0) is 47.9 Å². The van der Waals surface area contributed by atoms with Crippen LogP contribution in [0.3, 0.4) is 0 Å². The van der Waals surface area contributed by atoms with E-state index < -0.39 is 9.84 Å². The molecule has 11 heteroatoms. The van der Waals surface area contributed by atoms with Crippen molar-refractivity contribution in [3.8, 4) is 0 Å². The van der Waals surface area contributed by atoms with E-state index in [0.717, 1.165) is 29.5 Å². The van der Waals surface area contributed by atoms with Crippen LogP contribution in [0.2, 0.25) is 5.02 Å². The number of likely N-dealkylation sites (tertiary alicyclic amines) is 1. The number of carbonyl (C=O) groups is 1. The largest absolute Gasteiger partial charge is 0.352 e. The Morgan fingerprint density at radius 1 is 1.23 bits per heavy atom. The molecule has 1 aliphatic heterocycles. The summed E-state index contributed by atoms with van der Waals surface area (Å²) in [7, 11) is -3.49. The van der Waals surface area contributed by atoms with Crippen molar-refractivity contribution in [1.29, 1.82) is 0 Å². The van der Waals surface area contributed by atoms with Crippen LogP contribution in [0.4, 0.5) is 0 Å². The summed E-state index contributed by atoms with van der Waals surface area (Å²) in [4.78, 5) is 31.5. The van der Waals surface area contributed by atoms with E-state index in [2.05, 4.69) is 31.1 Å².